The first kappa shape index (κ1) is 11.4. The zero-order valence-electron chi connectivity index (χ0n) is 9.80. The van der Waals surface area contributed by atoms with Crippen LogP contribution in [0.3, 0.4) is 0 Å². The van der Waals surface area contributed by atoms with Gasteiger partial charge in [0.1, 0.15) is 5.82 Å². The highest BCUT2D eigenvalue weighted by atomic mass is 19.1. The van der Waals surface area contributed by atoms with Crippen molar-refractivity contribution in [1.82, 2.24) is 5.32 Å². The molecule has 1 aliphatic rings. The average Bonchev–Trinajstić information content (AvgIpc) is 2.81. The lowest BCUT2D eigenvalue weighted by molar-refractivity contribution is 0.621. The van der Waals surface area contributed by atoms with Crippen molar-refractivity contribution >= 4 is 5.69 Å². The fourth-order valence-corrected chi connectivity index (χ4v) is 2.14. The number of rotatable bonds is 4. The van der Waals surface area contributed by atoms with Crippen molar-refractivity contribution in [1.29, 1.82) is 0 Å². The molecule has 0 aliphatic carbocycles. The lowest BCUT2D eigenvalue weighted by Gasteiger charge is -2.19. The Kier molecular flexibility index (Phi) is 3.78. The second kappa shape index (κ2) is 5.30. The van der Waals surface area contributed by atoms with Crippen LogP contribution in [0, 0.1) is 5.82 Å². The molecule has 0 radical (unpaired) electrons. The van der Waals surface area contributed by atoms with Crippen LogP contribution in [0.2, 0.25) is 0 Å². The summed E-state index contributed by atoms with van der Waals surface area (Å²) in [5, 5.41) is 3.26. The van der Waals surface area contributed by atoms with Gasteiger partial charge in [-0.15, -0.1) is 0 Å². The number of benzene rings is 1. The predicted octanol–water partition coefficient (Wildman–Crippen LogP) is 2.54. The van der Waals surface area contributed by atoms with Crippen LogP contribution in [0.1, 0.15) is 25.3 Å². The highest BCUT2D eigenvalue weighted by Gasteiger charge is 2.16. The highest BCUT2D eigenvalue weighted by molar-refractivity contribution is 5.50. The molecule has 0 spiro atoms. The zero-order valence-corrected chi connectivity index (χ0v) is 9.80. The fraction of sp³-hybridized carbons (Fsp3) is 0.538. The normalized spacial score (nSPS) is 15.8. The third-order valence-corrected chi connectivity index (χ3v) is 3.04. The molecule has 0 amide bonds. The van der Waals surface area contributed by atoms with Crippen LogP contribution in [-0.2, 0) is 6.54 Å². The summed E-state index contributed by atoms with van der Waals surface area (Å²) in [6.45, 7) is 5.81. The van der Waals surface area contributed by atoms with Gasteiger partial charge in [0.05, 0.1) is 5.69 Å². The Hall–Kier alpha value is -1.09. The fourth-order valence-electron chi connectivity index (χ4n) is 2.14. The van der Waals surface area contributed by atoms with Crippen molar-refractivity contribution in [2.45, 2.75) is 26.3 Å². The Balaban J connectivity index is 2.15. The van der Waals surface area contributed by atoms with Crippen molar-refractivity contribution < 1.29 is 4.39 Å². The van der Waals surface area contributed by atoms with Crippen LogP contribution < -0.4 is 10.2 Å². The van der Waals surface area contributed by atoms with Crippen molar-refractivity contribution in [3.8, 4) is 0 Å². The molecule has 2 rings (SSSR count). The van der Waals surface area contributed by atoms with Crippen LogP contribution >= 0.6 is 0 Å². The summed E-state index contributed by atoms with van der Waals surface area (Å²) in [5.74, 6) is -0.0952. The van der Waals surface area contributed by atoms with Gasteiger partial charge in [-0.25, -0.2) is 4.39 Å². The van der Waals surface area contributed by atoms with Gasteiger partial charge in [0.15, 0.2) is 0 Å². The van der Waals surface area contributed by atoms with E-state index >= 15 is 0 Å². The van der Waals surface area contributed by atoms with Crippen LogP contribution in [0.5, 0.6) is 0 Å². The Morgan fingerprint density at radius 3 is 2.75 bits per heavy atom. The van der Waals surface area contributed by atoms with E-state index in [0.29, 0.717) is 0 Å². The van der Waals surface area contributed by atoms with Crippen molar-refractivity contribution in [3.63, 3.8) is 0 Å². The quantitative estimate of drug-likeness (QED) is 0.842. The smallest absolute Gasteiger partial charge is 0.146 e. The van der Waals surface area contributed by atoms with Gasteiger partial charge >= 0.3 is 0 Å². The number of hydrogen-bond donors (Lipinski definition) is 1. The number of nitrogens with zero attached hydrogens (tertiary/aromatic N) is 1. The predicted molar refractivity (Wildman–Crippen MR) is 65.2 cm³/mol. The molecule has 3 heteroatoms. The summed E-state index contributed by atoms with van der Waals surface area (Å²) in [4.78, 5) is 2.14. The Morgan fingerprint density at radius 2 is 2.06 bits per heavy atom. The van der Waals surface area contributed by atoms with E-state index in [9.17, 15) is 4.39 Å². The molecule has 1 fully saturated rings. The molecule has 0 unspecified atom stereocenters. The van der Waals surface area contributed by atoms with Gasteiger partial charge in [-0.2, -0.15) is 0 Å². The molecule has 0 aromatic heterocycles. The minimum atomic E-state index is -0.0952. The van der Waals surface area contributed by atoms with Crippen molar-refractivity contribution in [3.05, 3.63) is 29.6 Å². The van der Waals surface area contributed by atoms with Crippen molar-refractivity contribution in [2.24, 2.45) is 0 Å². The third kappa shape index (κ3) is 2.53. The Bertz CT molecular complexity index is 346. The van der Waals surface area contributed by atoms with Gasteiger partial charge < -0.3 is 10.2 Å². The lowest BCUT2D eigenvalue weighted by atomic mass is 10.1. The molecule has 16 heavy (non-hydrogen) atoms. The van der Waals surface area contributed by atoms with E-state index in [1.165, 1.54) is 12.8 Å². The first-order valence-corrected chi connectivity index (χ1v) is 6.05. The number of anilines is 1. The summed E-state index contributed by atoms with van der Waals surface area (Å²) in [5.41, 5.74) is 1.93. The zero-order chi connectivity index (χ0) is 11.4. The van der Waals surface area contributed by atoms with E-state index in [0.717, 1.165) is 37.4 Å². The second-order valence-electron chi connectivity index (χ2n) is 4.26. The molecule has 1 saturated heterocycles. The summed E-state index contributed by atoms with van der Waals surface area (Å²) < 4.78 is 13.7. The third-order valence-electron chi connectivity index (χ3n) is 3.04. The minimum absolute atomic E-state index is 0.0952. The largest absolute Gasteiger partial charge is 0.369 e. The molecule has 0 saturated carbocycles. The van der Waals surface area contributed by atoms with Gasteiger partial charge in [0, 0.05) is 19.6 Å². The first-order valence-electron chi connectivity index (χ1n) is 6.05. The van der Waals surface area contributed by atoms with Gasteiger partial charge in [-0.3, -0.25) is 0 Å². The van der Waals surface area contributed by atoms with Gasteiger partial charge in [0.2, 0.25) is 0 Å². The number of hydrogen-bond acceptors (Lipinski definition) is 2. The van der Waals surface area contributed by atoms with Gasteiger partial charge in [-0.1, -0.05) is 13.0 Å². The van der Waals surface area contributed by atoms with E-state index in [2.05, 4.69) is 17.1 Å². The summed E-state index contributed by atoms with van der Waals surface area (Å²) in [6.07, 6.45) is 2.35. The Labute approximate surface area is 96.5 Å². The standard InChI is InChI=1S/C13H19FN2/c1-2-15-10-11-5-6-12(14)13(9-11)16-7-3-4-8-16/h5-6,9,15H,2-4,7-8,10H2,1H3. The van der Waals surface area contributed by atoms with E-state index in [1.54, 1.807) is 6.07 Å². The SMILES string of the molecule is CCNCc1ccc(F)c(N2CCCC2)c1. The number of nitrogens with one attached hydrogen (secondary N) is 1. The molecule has 1 aliphatic heterocycles. The van der Waals surface area contributed by atoms with Crippen LogP contribution in [0.4, 0.5) is 10.1 Å². The second-order valence-corrected chi connectivity index (χ2v) is 4.26. The monoisotopic (exact) mass is 222 g/mol. The van der Waals surface area contributed by atoms with Gasteiger partial charge in [-0.05, 0) is 37.1 Å². The average molecular weight is 222 g/mol. The topological polar surface area (TPSA) is 15.3 Å². The van der Waals surface area contributed by atoms with E-state index in [4.69, 9.17) is 0 Å². The van der Waals surface area contributed by atoms with E-state index in [1.807, 2.05) is 12.1 Å². The Morgan fingerprint density at radius 1 is 1.31 bits per heavy atom. The molecule has 1 aromatic rings. The molecule has 0 atom stereocenters. The van der Waals surface area contributed by atoms with Crippen LogP contribution in [0.25, 0.3) is 0 Å². The molecular formula is C13H19FN2. The molecule has 1 N–H and O–H groups in total. The molecule has 88 valence electrons. The number of halogens is 1. The van der Waals surface area contributed by atoms with Gasteiger partial charge in [0.25, 0.3) is 0 Å². The molecule has 1 aromatic carbocycles. The minimum Gasteiger partial charge on any atom is -0.369 e. The van der Waals surface area contributed by atoms with E-state index < -0.39 is 0 Å². The van der Waals surface area contributed by atoms with E-state index in [-0.39, 0.29) is 5.82 Å². The maximum atomic E-state index is 13.7. The lowest BCUT2D eigenvalue weighted by Crippen LogP contribution is -2.20. The molecular weight excluding hydrogens is 203 g/mol. The molecule has 0 bridgehead atoms. The summed E-state index contributed by atoms with van der Waals surface area (Å²) in [7, 11) is 0. The first-order chi connectivity index (χ1) is 7.81. The molecule has 1 heterocycles. The van der Waals surface area contributed by atoms with Crippen LogP contribution in [0.15, 0.2) is 18.2 Å². The highest BCUT2D eigenvalue weighted by Crippen LogP contribution is 2.24. The molecule has 2 nitrogen and oxygen atoms in total. The summed E-state index contributed by atoms with van der Waals surface area (Å²) >= 11 is 0. The van der Waals surface area contributed by atoms with Crippen LogP contribution in [-0.4, -0.2) is 19.6 Å². The summed E-state index contributed by atoms with van der Waals surface area (Å²) in [6, 6.07) is 5.42. The maximum Gasteiger partial charge on any atom is 0.146 e. The maximum absolute atomic E-state index is 13.7. The van der Waals surface area contributed by atoms with Crippen molar-refractivity contribution in [2.75, 3.05) is 24.5 Å².